The minimum Gasteiger partial charge on any atom is -0.384 e. The molecule has 3 aromatic rings. The number of hydrogen-bond donors (Lipinski definition) is 1. The molecule has 2 aromatic carbocycles. The Hall–Kier alpha value is -2.77. The molecule has 0 aliphatic heterocycles. The molecule has 21 heavy (non-hydrogen) atoms. The number of nitrogen functional groups attached to an aromatic ring is 1. The van der Waals surface area contributed by atoms with Gasteiger partial charge in [0, 0.05) is 16.7 Å². The zero-order valence-electron chi connectivity index (χ0n) is 11.0. The second-order valence-electron chi connectivity index (χ2n) is 4.54. The summed E-state index contributed by atoms with van der Waals surface area (Å²) in [5.74, 6) is 0.500. The number of rotatable bonds is 2. The van der Waals surface area contributed by atoms with Crippen LogP contribution in [0.5, 0.6) is 0 Å². The van der Waals surface area contributed by atoms with Crippen molar-refractivity contribution in [1.29, 1.82) is 5.26 Å². The number of nitriles is 1. The summed E-state index contributed by atoms with van der Waals surface area (Å²) < 4.78 is 1.61. The second kappa shape index (κ2) is 5.31. The van der Waals surface area contributed by atoms with E-state index in [1.54, 1.807) is 28.9 Å². The van der Waals surface area contributed by atoms with Crippen LogP contribution in [0.15, 0.2) is 54.6 Å². The highest BCUT2D eigenvalue weighted by Gasteiger charge is 2.09. The fourth-order valence-electron chi connectivity index (χ4n) is 2.10. The SMILES string of the molecule is N#Cc1cccc(-n2nc(-c3cccc(Cl)c3)cc2N)c1. The summed E-state index contributed by atoms with van der Waals surface area (Å²) >= 11 is 6.00. The molecule has 0 saturated heterocycles. The van der Waals surface area contributed by atoms with Crippen molar-refractivity contribution < 1.29 is 0 Å². The standard InChI is InChI=1S/C16H11ClN4/c17-13-5-2-4-12(8-13)15-9-16(19)21(20-15)14-6-1-3-11(7-14)10-18/h1-9H,19H2. The smallest absolute Gasteiger partial charge is 0.127 e. The first-order valence-electron chi connectivity index (χ1n) is 6.29. The number of halogens is 1. The van der Waals surface area contributed by atoms with E-state index in [-0.39, 0.29) is 0 Å². The Morgan fingerprint density at radius 3 is 2.67 bits per heavy atom. The van der Waals surface area contributed by atoms with E-state index in [4.69, 9.17) is 22.6 Å². The van der Waals surface area contributed by atoms with E-state index in [1.807, 2.05) is 30.3 Å². The number of nitrogens with two attached hydrogens (primary N) is 1. The number of aromatic nitrogens is 2. The third-order valence-corrected chi connectivity index (χ3v) is 3.31. The van der Waals surface area contributed by atoms with Gasteiger partial charge in [0.2, 0.25) is 0 Å². The molecule has 0 amide bonds. The van der Waals surface area contributed by atoms with E-state index >= 15 is 0 Å². The van der Waals surface area contributed by atoms with Crippen LogP contribution < -0.4 is 5.73 Å². The van der Waals surface area contributed by atoms with Crippen molar-refractivity contribution in [2.45, 2.75) is 0 Å². The molecule has 102 valence electrons. The van der Waals surface area contributed by atoms with Crippen molar-refractivity contribution in [3.05, 3.63) is 65.2 Å². The van der Waals surface area contributed by atoms with Gasteiger partial charge < -0.3 is 5.73 Å². The Morgan fingerprint density at radius 1 is 1.10 bits per heavy atom. The second-order valence-corrected chi connectivity index (χ2v) is 4.98. The van der Waals surface area contributed by atoms with E-state index in [9.17, 15) is 0 Å². The van der Waals surface area contributed by atoms with Crippen molar-refractivity contribution >= 4 is 17.4 Å². The van der Waals surface area contributed by atoms with Crippen molar-refractivity contribution in [1.82, 2.24) is 9.78 Å². The van der Waals surface area contributed by atoms with Crippen LogP contribution in [0.25, 0.3) is 16.9 Å². The van der Waals surface area contributed by atoms with Gasteiger partial charge in [0.1, 0.15) is 5.82 Å². The monoisotopic (exact) mass is 294 g/mol. The fraction of sp³-hybridized carbons (Fsp3) is 0. The van der Waals surface area contributed by atoms with Crippen LogP contribution in [-0.2, 0) is 0 Å². The lowest BCUT2D eigenvalue weighted by molar-refractivity contribution is 0.894. The van der Waals surface area contributed by atoms with E-state index < -0.39 is 0 Å². The molecule has 2 N–H and O–H groups in total. The van der Waals surface area contributed by atoms with Gasteiger partial charge >= 0.3 is 0 Å². The van der Waals surface area contributed by atoms with E-state index in [1.165, 1.54) is 0 Å². The molecule has 0 aliphatic carbocycles. The molecule has 0 fully saturated rings. The summed E-state index contributed by atoms with van der Waals surface area (Å²) in [5, 5.41) is 14.1. The van der Waals surface area contributed by atoms with Crippen LogP contribution in [0.3, 0.4) is 0 Å². The van der Waals surface area contributed by atoms with Crippen molar-refractivity contribution in [3.8, 4) is 23.0 Å². The Labute approximate surface area is 127 Å². The summed E-state index contributed by atoms with van der Waals surface area (Å²) in [6.07, 6.45) is 0. The number of hydrogen-bond acceptors (Lipinski definition) is 3. The number of anilines is 1. The van der Waals surface area contributed by atoms with Gasteiger partial charge in [-0.3, -0.25) is 0 Å². The first-order valence-corrected chi connectivity index (χ1v) is 6.67. The lowest BCUT2D eigenvalue weighted by Gasteiger charge is -2.03. The topological polar surface area (TPSA) is 67.6 Å². The number of nitrogens with zero attached hydrogens (tertiary/aromatic N) is 3. The maximum absolute atomic E-state index is 8.97. The van der Waals surface area contributed by atoms with Crippen LogP contribution in [0, 0.1) is 11.3 Å². The van der Waals surface area contributed by atoms with Gasteiger partial charge in [0.05, 0.1) is 23.0 Å². The molecular weight excluding hydrogens is 284 g/mol. The molecule has 0 spiro atoms. The van der Waals surface area contributed by atoms with Crippen LogP contribution in [0.4, 0.5) is 5.82 Å². The highest BCUT2D eigenvalue weighted by atomic mass is 35.5. The quantitative estimate of drug-likeness (QED) is 0.784. The molecule has 5 heteroatoms. The van der Waals surface area contributed by atoms with Crippen molar-refractivity contribution in [3.63, 3.8) is 0 Å². The molecule has 0 unspecified atom stereocenters. The molecule has 4 nitrogen and oxygen atoms in total. The molecule has 0 radical (unpaired) electrons. The Bertz CT molecular complexity index is 845. The lowest BCUT2D eigenvalue weighted by atomic mass is 10.1. The van der Waals surface area contributed by atoms with Gasteiger partial charge in [-0.25, -0.2) is 4.68 Å². The summed E-state index contributed by atoms with van der Waals surface area (Å²) in [5.41, 5.74) is 8.96. The summed E-state index contributed by atoms with van der Waals surface area (Å²) in [7, 11) is 0. The maximum Gasteiger partial charge on any atom is 0.127 e. The Kier molecular flexibility index (Phi) is 3.35. The zero-order chi connectivity index (χ0) is 14.8. The average molecular weight is 295 g/mol. The maximum atomic E-state index is 8.97. The minimum atomic E-state index is 0.500. The highest BCUT2D eigenvalue weighted by Crippen LogP contribution is 2.25. The van der Waals surface area contributed by atoms with Crippen LogP contribution in [-0.4, -0.2) is 9.78 Å². The predicted molar refractivity (Wildman–Crippen MR) is 83.1 cm³/mol. The van der Waals surface area contributed by atoms with Crippen LogP contribution in [0.2, 0.25) is 5.02 Å². The third kappa shape index (κ3) is 2.60. The molecule has 0 bridgehead atoms. The molecule has 0 saturated carbocycles. The van der Waals surface area contributed by atoms with Crippen molar-refractivity contribution in [2.75, 3.05) is 5.73 Å². The van der Waals surface area contributed by atoms with Gasteiger partial charge in [-0.15, -0.1) is 0 Å². The Morgan fingerprint density at radius 2 is 1.90 bits per heavy atom. The molecule has 1 aromatic heterocycles. The van der Waals surface area contributed by atoms with Gasteiger partial charge in [-0.1, -0.05) is 29.8 Å². The summed E-state index contributed by atoms with van der Waals surface area (Å²) in [6, 6.07) is 18.4. The molecule has 0 atom stereocenters. The normalized spacial score (nSPS) is 10.3. The van der Waals surface area contributed by atoms with E-state index in [0.717, 1.165) is 16.9 Å². The van der Waals surface area contributed by atoms with Gasteiger partial charge in [-0.2, -0.15) is 10.4 Å². The molecule has 1 heterocycles. The van der Waals surface area contributed by atoms with Crippen LogP contribution in [0.1, 0.15) is 5.56 Å². The highest BCUT2D eigenvalue weighted by molar-refractivity contribution is 6.30. The molecule has 3 rings (SSSR count). The Balaban J connectivity index is 2.08. The van der Waals surface area contributed by atoms with E-state index in [2.05, 4.69) is 11.2 Å². The first-order chi connectivity index (χ1) is 10.2. The van der Waals surface area contributed by atoms with Gasteiger partial charge in [0.25, 0.3) is 0 Å². The third-order valence-electron chi connectivity index (χ3n) is 3.08. The van der Waals surface area contributed by atoms with Gasteiger partial charge in [-0.05, 0) is 30.3 Å². The zero-order valence-corrected chi connectivity index (χ0v) is 11.7. The summed E-state index contributed by atoms with van der Waals surface area (Å²) in [6.45, 7) is 0. The minimum absolute atomic E-state index is 0.500. The number of benzene rings is 2. The summed E-state index contributed by atoms with van der Waals surface area (Å²) in [4.78, 5) is 0. The first kappa shape index (κ1) is 13.2. The fourth-order valence-corrected chi connectivity index (χ4v) is 2.29. The average Bonchev–Trinajstić information content (AvgIpc) is 2.89. The predicted octanol–water partition coefficient (Wildman–Crippen LogP) is 3.65. The van der Waals surface area contributed by atoms with Crippen molar-refractivity contribution in [2.24, 2.45) is 0 Å². The largest absolute Gasteiger partial charge is 0.384 e. The van der Waals surface area contributed by atoms with Crippen LogP contribution >= 0.6 is 11.6 Å². The molecule has 0 aliphatic rings. The molecular formula is C16H11ClN4. The lowest BCUT2D eigenvalue weighted by Crippen LogP contribution is -2.01. The van der Waals surface area contributed by atoms with E-state index in [0.29, 0.717) is 16.4 Å². The van der Waals surface area contributed by atoms with Gasteiger partial charge in [0.15, 0.2) is 0 Å².